The second-order valence-corrected chi connectivity index (χ2v) is 1.99. The fourth-order valence-corrected chi connectivity index (χ4v) is 0.874. The van der Waals surface area contributed by atoms with Crippen LogP contribution < -0.4 is 0 Å². The smallest absolute Gasteiger partial charge is 0.148 e. The molecule has 1 aromatic carbocycles. The molecule has 50 valence electrons. The van der Waals surface area contributed by atoms with E-state index in [0.29, 0.717) is 10.9 Å². The molecule has 0 aliphatic rings. The molecule has 2 nitrogen and oxygen atoms in total. The minimum Gasteiger partial charge on any atom is -0.275 e. The van der Waals surface area contributed by atoms with Crippen molar-refractivity contribution in [2.24, 2.45) is 0 Å². The third-order valence-corrected chi connectivity index (χ3v) is 1.36. The number of rotatable bonds is 0. The number of halogens is 1. The SMILES string of the molecule is [2H]c1ccc2cn[nH]c2c1F. The molecule has 0 aliphatic carbocycles. The van der Waals surface area contributed by atoms with Crippen LogP contribution in [0.5, 0.6) is 0 Å². The van der Waals surface area contributed by atoms with Crippen LogP contribution in [0.4, 0.5) is 4.39 Å². The van der Waals surface area contributed by atoms with Crippen molar-refractivity contribution in [3.05, 3.63) is 30.2 Å². The predicted molar refractivity (Wildman–Crippen MR) is 36.1 cm³/mol. The van der Waals surface area contributed by atoms with Gasteiger partial charge in [0.2, 0.25) is 0 Å². The summed E-state index contributed by atoms with van der Waals surface area (Å²) in [6, 6.07) is 2.96. The van der Waals surface area contributed by atoms with Gasteiger partial charge in [0, 0.05) is 5.39 Å². The fourth-order valence-electron chi connectivity index (χ4n) is 0.874. The lowest BCUT2D eigenvalue weighted by Gasteiger charge is -1.87. The van der Waals surface area contributed by atoms with Crippen molar-refractivity contribution in [2.45, 2.75) is 0 Å². The van der Waals surface area contributed by atoms with E-state index in [0.717, 1.165) is 0 Å². The first-order chi connectivity index (χ1) is 5.29. The molecule has 3 heteroatoms. The second kappa shape index (κ2) is 1.80. The van der Waals surface area contributed by atoms with Gasteiger partial charge in [-0.25, -0.2) is 4.39 Å². The van der Waals surface area contributed by atoms with Gasteiger partial charge in [0.25, 0.3) is 0 Å². The highest BCUT2D eigenvalue weighted by Crippen LogP contribution is 2.12. The zero-order chi connectivity index (χ0) is 7.84. The van der Waals surface area contributed by atoms with Crippen LogP contribution in [0, 0.1) is 5.82 Å². The van der Waals surface area contributed by atoms with Crippen LogP contribution in [0.15, 0.2) is 24.4 Å². The lowest BCUT2D eigenvalue weighted by atomic mass is 10.2. The van der Waals surface area contributed by atoms with Gasteiger partial charge in [0.15, 0.2) is 0 Å². The lowest BCUT2D eigenvalue weighted by Crippen LogP contribution is -1.74. The molecule has 0 fully saturated rings. The van der Waals surface area contributed by atoms with Gasteiger partial charge >= 0.3 is 0 Å². The molecule has 0 atom stereocenters. The number of hydrogen-bond donors (Lipinski definition) is 1. The summed E-state index contributed by atoms with van der Waals surface area (Å²) in [4.78, 5) is 0. The normalized spacial score (nSPS) is 11.9. The second-order valence-electron chi connectivity index (χ2n) is 1.99. The monoisotopic (exact) mass is 137 g/mol. The maximum Gasteiger partial charge on any atom is 0.148 e. The number of fused-ring (bicyclic) bond motifs is 1. The topological polar surface area (TPSA) is 28.7 Å². The number of aromatic amines is 1. The molecule has 1 aromatic heterocycles. The van der Waals surface area contributed by atoms with Crippen LogP contribution in [0.1, 0.15) is 1.37 Å². The number of H-pyrrole nitrogens is 1. The van der Waals surface area contributed by atoms with Gasteiger partial charge in [-0.1, -0.05) is 12.1 Å². The Morgan fingerprint density at radius 3 is 3.50 bits per heavy atom. The van der Waals surface area contributed by atoms with E-state index in [2.05, 4.69) is 10.2 Å². The van der Waals surface area contributed by atoms with Gasteiger partial charge in [0.05, 0.1) is 7.57 Å². The average molecular weight is 137 g/mol. The largest absolute Gasteiger partial charge is 0.275 e. The predicted octanol–water partition coefficient (Wildman–Crippen LogP) is 1.70. The highest BCUT2D eigenvalue weighted by Gasteiger charge is 1.98. The molecule has 10 heavy (non-hydrogen) atoms. The van der Waals surface area contributed by atoms with Crippen molar-refractivity contribution >= 4 is 10.9 Å². The Bertz CT molecular complexity index is 396. The summed E-state index contributed by atoms with van der Waals surface area (Å²) >= 11 is 0. The van der Waals surface area contributed by atoms with Crippen molar-refractivity contribution in [3.63, 3.8) is 0 Å². The molecule has 0 unspecified atom stereocenters. The molecule has 0 aliphatic heterocycles. The summed E-state index contributed by atoms with van der Waals surface area (Å²) in [6.07, 6.45) is 1.53. The Morgan fingerprint density at radius 1 is 1.70 bits per heavy atom. The number of aromatic nitrogens is 2. The zero-order valence-electron chi connectivity index (χ0n) is 6.06. The first-order valence-corrected chi connectivity index (χ1v) is 2.87. The van der Waals surface area contributed by atoms with E-state index in [-0.39, 0.29) is 6.04 Å². The Labute approximate surface area is 58.1 Å². The van der Waals surface area contributed by atoms with E-state index in [9.17, 15) is 4.39 Å². The Kier molecular flexibility index (Phi) is 0.799. The highest BCUT2D eigenvalue weighted by atomic mass is 19.1. The Hall–Kier alpha value is -1.38. The van der Waals surface area contributed by atoms with Gasteiger partial charge in [-0.2, -0.15) is 5.10 Å². The maximum atomic E-state index is 13.0. The van der Waals surface area contributed by atoms with Crippen molar-refractivity contribution in [2.75, 3.05) is 0 Å². The van der Waals surface area contributed by atoms with E-state index in [4.69, 9.17) is 1.37 Å². The quantitative estimate of drug-likeness (QED) is 0.588. The third kappa shape index (κ3) is 0.603. The van der Waals surface area contributed by atoms with Crippen LogP contribution in [-0.2, 0) is 0 Å². The standard InChI is InChI=1S/C7H5FN2/c8-6-3-1-2-5-4-9-10-7(5)6/h1-4H,(H,9,10)/i3D. The molecule has 1 N–H and O–H groups in total. The van der Waals surface area contributed by atoms with Crippen LogP contribution >= 0.6 is 0 Å². The number of nitrogens with one attached hydrogen (secondary N) is 1. The third-order valence-electron chi connectivity index (χ3n) is 1.36. The van der Waals surface area contributed by atoms with E-state index in [1.54, 1.807) is 6.07 Å². The fraction of sp³-hybridized carbons (Fsp3) is 0. The lowest BCUT2D eigenvalue weighted by molar-refractivity contribution is 0.636. The minimum absolute atomic E-state index is 0.109. The van der Waals surface area contributed by atoms with E-state index in [1.807, 2.05) is 0 Å². The molecule has 1 heterocycles. The van der Waals surface area contributed by atoms with Crippen molar-refractivity contribution in [3.8, 4) is 0 Å². The van der Waals surface area contributed by atoms with Gasteiger partial charge in [-0.3, -0.25) is 5.10 Å². The molecule has 0 saturated heterocycles. The summed E-state index contributed by atoms with van der Waals surface area (Å²) in [5.41, 5.74) is 0.303. The van der Waals surface area contributed by atoms with Gasteiger partial charge < -0.3 is 0 Å². The summed E-state index contributed by atoms with van der Waals surface area (Å²) in [7, 11) is 0. The Morgan fingerprint density at radius 2 is 2.60 bits per heavy atom. The first-order valence-electron chi connectivity index (χ1n) is 3.37. The van der Waals surface area contributed by atoms with Crippen LogP contribution in [-0.4, -0.2) is 10.2 Å². The molecular formula is C7H5FN2. The molecule has 0 spiro atoms. The summed E-state index contributed by atoms with van der Waals surface area (Å²) < 4.78 is 20.1. The van der Waals surface area contributed by atoms with Crippen molar-refractivity contribution < 1.29 is 5.76 Å². The first kappa shape index (κ1) is 4.44. The van der Waals surface area contributed by atoms with Crippen molar-refractivity contribution in [1.29, 1.82) is 0 Å². The molecular weight excluding hydrogens is 131 g/mol. The molecule has 0 saturated carbocycles. The number of benzene rings is 1. The number of nitrogens with zero attached hydrogens (tertiary/aromatic N) is 1. The highest BCUT2D eigenvalue weighted by molar-refractivity contribution is 5.78. The van der Waals surface area contributed by atoms with E-state index in [1.165, 1.54) is 12.3 Å². The Balaban J connectivity index is 2.93. The van der Waals surface area contributed by atoms with Gasteiger partial charge in [0.1, 0.15) is 11.3 Å². The molecule has 2 rings (SSSR count). The summed E-state index contributed by atoms with van der Waals surface area (Å²) in [6.45, 7) is 0. The molecule has 0 radical (unpaired) electrons. The zero-order valence-corrected chi connectivity index (χ0v) is 5.06. The van der Waals surface area contributed by atoms with E-state index >= 15 is 0 Å². The molecule has 0 bridgehead atoms. The van der Waals surface area contributed by atoms with Crippen LogP contribution in [0.2, 0.25) is 0 Å². The van der Waals surface area contributed by atoms with Crippen molar-refractivity contribution in [1.82, 2.24) is 10.2 Å². The number of hydrogen-bond acceptors (Lipinski definition) is 1. The molecule has 0 amide bonds. The molecule has 2 aromatic rings. The summed E-state index contributed by atoms with van der Waals surface area (Å²) in [5, 5.41) is 6.83. The number of para-hydroxylation sites is 1. The van der Waals surface area contributed by atoms with Crippen LogP contribution in [0.25, 0.3) is 10.9 Å². The summed E-state index contributed by atoms with van der Waals surface area (Å²) in [5.74, 6) is -0.542. The maximum absolute atomic E-state index is 13.0. The minimum atomic E-state index is -0.542. The van der Waals surface area contributed by atoms with E-state index < -0.39 is 5.82 Å². The average Bonchev–Trinajstić information content (AvgIpc) is 2.45. The van der Waals surface area contributed by atoms with Gasteiger partial charge in [-0.15, -0.1) is 0 Å². The van der Waals surface area contributed by atoms with Crippen LogP contribution in [0.3, 0.4) is 0 Å². The van der Waals surface area contributed by atoms with Gasteiger partial charge in [-0.05, 0) is 6.04 Å².